The van der Waals surface area contributed by atoms with E-state index in [0.717, 1.165) is 5.56 Å². The first-order valence-electron chi connectivity index (χ1n) is 10.0. The summed E-state index contributed by atoms with van der Waals surface area (Å²) in [7, 11) is 0. The molecule has 0 saturated carbocycles. The van der Waals surface area contributed by atoms with Crippen LogP contribution in [0, 0.1) is 0 Å². The van der Waals surface area contributed by atoms with E-state index in [1.807, 2.05) is 30.3 Å². The number of rotatable bonds is 5. The fourth-order valence-electron chi connectivity index (χ4n) is 3.58. The molecule has 2 aromatic rings. The van der Waals surface area contributed by atoms with Crippen LogP contribution >= 0.6 is 0 Å². The average Bonchev–Trinajstić information content (AvgIpc) is 2.78. The van der Waals surface area contributed by atoms with E-state index in [0.29, 0.717) is 49.7 Å². The van der Waals surface area contributed by atoms with E-state index >= 15 is 0 Å². The summed E-state index contributed by atoms with van der Waals surface area (Å²) in [6.45, 7) is 3.12. The van der Waals surface area contributed by atoms with Crippen LogP contribution in [-0.2, 0) is 16.1 Å². The van der Waals surface area contributed by atoms with Crippen LogP contribution in [0.25, 0.3) is 0 Å². The third kappa shape index (κ3) is 4.90. The highest BCUT2D eigenvalue weighted by Crippen LogP contribution is 2.30. The van der Waals surface area contributed by atoms with Gasteiger partial charge in [-0.05, 0) is 23.3 Å². The van der Waals surface area contributed by atoms with Crippen LogP contribution in [0.1, 0.15) is 17.2 Å². The molecule has 0 aromatic heterocycles. The maximum Gasteiger partial charge on any atom is 0.410 e. The van der Waals surface area contributed by atoms with Gasteiger partial charge in [-0.3, -0.25) is 9.69 Å². The molecule has 1 unspecified atom stereocenters. The lowest BCUT2D eigenvalue weighted by atomic mass is 10.1. The summed E-state index contributed by atoms with van der Waals surface area (Å²) in [5, 5.41) is 13.4. The largest absolute Gasteiger partial charge is 0.482 e. The molecule has 2 aliphatic rings. The fraction of sp³-hybridized carbons (Fsp3) is 0.364. The number of hydrogen-bond donors (Lipinski definition) is 2. The Kier molecular flexibility index (Phi) is 6.15. The van der Waals surface area contributed by atoms with Gasteiger partial charge in [0.1, 0.15) is 12.4 Å². The molecule has 2 aliphatic heterocycles. The van der Waals surface area contributed by atoms with Crippen LogP contribution in [0.2, 0.25) is 0 Å². The quantitative estimate of drug-likeness (QED) is 0.782. The van der Waals surface area contributed by atoms with Crippen LogP contribution in [0.5, 0.6) is 5.75 Å². The van der Waals surface area contributed by atoms with Crippen molar-refractivity contribution in [2.24, 2.45) is 0 Å². The first-order chi connectivity index (χ1) is 14.6. The Labute approximate surface area is 175 Å². The molecule has 0 aliphatic carbocycles. The summed E-state index contributed by atoms with van der Waals surface area (Å²) in [6, 6.07) is 14.9. The zero-order valence-corrected chi connectivity index (χ0v) is 16.6. The molecule has 158 valence electrons. The lowest BCUT2D eigenvalue weighted by Crippen LogP contribution is -2.49. The normalized spacial score (nSPS) is 17.5. The predicted octanol–water partition coefficient (Wildman–Crippen LogP) is 2.01. The minimum Gasteiger partial charge on any atom is -0.482 e. The molecule has 8 nitrogen and oxygen atoms in total. The molecule has 2 N–H and O–H groups in total. The van der Waals surface area contributed by atoms with Crippen molar-refractivity contribution < 1.29 is 24.2 Å². The summed E-state index contributed by atoms with van der Waals surface area (Å²) in [6.07, 6.45) is -1.02. The second kappa shape index (κ2) is 9.15. The molecule has 30 heavy (non-hydrogen) atoms. The van der Waals surface area contributed by atoms with Gasteiger partial charge in [0.2, 0.25) is 0 Å². The Bertz CT molecular complexity index is 897. The molecular weight excluding hydrogens is 386 g/mol. The van der Waals surface area contributed by atoms with Crippen molar-refractivity contribution in [3.8, 4) is 5.75 Å². The molecule has 8 heteroatoms. The number of β-amino-alcohol motifs (C(OH)–C–C–N with tert-alkyl or cyclic N) is 1. The van der Waals surface area contributed by atoms with Gasteiger partial charge < -0.3 is 24.8 Å². The lowest BCUT2D eigenvalue weighted by Gasteiger charge is -2.35. The highest BCUT2D eigenvalue weighted by atomic mass is 16.6. The number of anilines is 1. The van der Waals surface area contributed by atoms with E-state index in [4.69, 9.17) is 9.47 Å². The monoisotopic (exact) mass is 411 g/mol. The number of hydrogen-bond acceptors (Lipinski definition) is 6. The zero-order chi connectivity index (χ0) is 20.9. The number of amides is 2. The van der Waals surface area contributed by atoms with Gasteiger partial charge >= 0.3 is 6.09 Å². The van der Waals surface area contributed by atoms with E-state index < -0.39 is 6.10 Å². The molecule has 0 bridgehead atoms. The van der Waals surface area contributed by atoms with Crippen molar-refractivity contribution in [3.63, 3.8) is 0 Å². The van der Waals surface area contributed by atoms with Crippen molar-refractivity contribution in [3.05, 3.63) is 59.7 Å². The number of nitrogens with zero attached hydrogens (tertiary/aromatic N) is 2. The predicted molar refractivity (Wildman–Crippen MR) is 110 cm³/mol. The van der Waals surface area contributed by atoms with Crippen LogP contribution in [0.4, 0.5) is 10.5 Å². The highest BCUT2D eigenvalue weighted by molar-refractivity contribution is 5.95. The SMILES string of the molecule is O=C1COc2ccc(C(O)CN3CCN(C(=O)OCc4ccccc4)CC3)cc2N1. The molecular formula is C22H25N3O5. The van der Waals surface area contributed by atoms with Crippen LogP contribution in [0.15, 0.2) is 48.5 Å². The molecule has 1 fully saturated rings. The number of ether oxygens (including phenoxy) is 2. The van der Waals surface area contributed by atoms with Crippen molar-refractivity contribution in [2.45, 2.75) is 12.7 Å². The Morgan fingerprint density at radius 1 is 1.13 bits per heavy atom. The summed E-state index contributed by atoms with van der Waals surface area (Å²) in [5.41, 5.74) is 2.25. The number of carbonyl (C=O) groups is 2. The van der Waals surface area contributed by atoms with E-state index in [2.05, 4.69) is 10.2 Å². The van der Waals surface area contributed by atoms with Crippen molar-refractivity contribution >= 4 is 17.7 Å². The first-order valence-corrected chi connectivity index (χ1v) is 10.0. The van der Waals surface area contributed by atoms with Crippen LogP contribution < -0.4 is 10.1 Å². The number of benzene rings is 2. The van der Waals surface area contributed by atoms with E-state index in [1.54, 1.807) is 23.1 Å². The molecule has 1 saturated heterocycles. The Morgan fingerprint density at radius 2 is 1.90 bits per heavy atom. The standard InChI is InChI=1S/C22H25N3O5/c26-19(17-6-7-20-18(12-17)23-21(27)15-29-20)13-24-8-10-25(11-9-24)22(28)30-14-16-4-2-1-3-5-16/h1-7,12,19,26H,8-11,13-15H2,(H,23,27). The molecule has 4 rings (SSSR count). The molecule has 0 radical (unpaired) electrons. The molecule has 1 atom stereocenters. The van der Waals surface area contributed by atoms with Gasteiger partial charge in [-0.15, -0.1) is 0 Å². The van der Waals surface area contributed by atoms with Crippen molar-refractivity contribution in [1.29, 1.82) is 0 Å². The highest BCUT2D eigenvalue weighted by Gasteiger charge is 2.25. The van der Waals surface area contributed by atoms with Crippen molar-refractivity contribution in [1.82, 2.24) is 9.80 Å². The summed E-state index contributed by atoms with van der Waals surface area (Å²) in [4.78, 5) is 27.6. The first kappa shape index (κ1) is 20.2. The average molecular weight is 411 g/mol. The van der Waals surface area contributed by atoms with Crippen LogP contribution in [0.3, 0.4) is 0 Å². The molecule has 2 aromatic carbocycles. The zero-order valence-electron chi connectivity index (χ0n) is 16.6. The second-order valence-corrected chi connectivity index (χ2v) is 7.44. The van der Waals surface area contributed by atoms with Crippen molar-refractivity contribution in [2.75, 3.05) is 44.6 Å². The Morgan fingerprint density at radius 3 is 2.67 bits per heavy atom. The molecule has 0 spiro atoms. The number of aliphatic hydroxyl groups is 1. The lowest BCUT2D eigenvalue weighted by molar-refractivity contribution is -0.118. The summed E-state index contributed by atoms with van der Waals surface area (Å²) in [5.74, 6) is 0.401. The van der Waals surface area contributed by atoms with E-state index in [1.165, 1.54) is 0 Å². The number of fused-ring (bicyclic) bond motifs is 1. The summed E-state index contributed by atoms with van der Waals surface area (Å²) < 4.78 is 10.7. The maximum absolute atomic E-state index is 12.3. The van der Waals surface area contributed by atoms with E-state index in [-0.39, 0.29) is 25.2 Å². The number of carbonyl (C=O) groups excluding carboxylic acids is 2. The third-order valence-electron chi connectivity index (χ3n) is 5.29. The van der Waals surface area contributed by atoms with Gasteiger partial charge in [0, 0.05) is 32.7 Å². The third-order valence-corrected chi connectivity index (χ3v) is 5.29. The summed E-state index contributed by atoms with van der Waals surface area (Å²) >= 11 is 0. The van der Waals surface area contributed by atoms with E-state index in [9.17, 15) is 14.7 Å². The topological polar surface area (TPSA) is 91.3 Å². The molecule has 2 amide bonds. The van der Waals surface area contributed by atoms with Gasteiger partial charge in [0.15, 0.2) is 6.61 Å². The Balaban J connectivity index is 1.25. The smallest absolute Gasteiger partial charge is 0.410 e. The minimum absolute atomic E-state index is 0.00691. The van der Waals surface area contributed by atoms with Gasteiger partial charge in [-0.25, -0.2) is 4.79 Å². The van der Waals surface area contributed by atoms with Gasteiger partial charge in [0.05, 0.1) is 11.8 Å². The van der Waals surface area contributed by atoms with Crippen LogP contribution in [-0.4, -0.2) is 66.2 Å². The number of aliphatic hydroxyl groups excluding tert-OH is 1. The molecule has 2 heterocycles. The van der Waals surface area contributed by atoms with Gasteiger partial charge in [-0.2, -0.15) is 0 Å². The fourth-order valence-corrected chi connectivity index (χ4v) is 3.58. The number of piperazine rings is 1. The Hall–Kier alpha value is -3.10. The second-order valence-electron chi connectivity index (χ2n) is 7.44. The van der Waals surface area contributed by atoms with Gasteiger partial charge in [-0.1, -0.05) is 36.4 Å². The maximum atomic E-state index is 12.3. The van der Waals surface area contributed by atoms with Gasteiger partial charge in [0.25, 0.3) is 5.91 Å². The minimum atomic E-state index is -0.703. The number of nitrogens with one attached hydrogen (secondary N) is 1.